The first-order valence-corrected chi connectivity index (χ1v) is 8.03. The van der Waals surface area contributed by atoms with Crippen LogP contribution in [0.1, 0.15) is 41.4 Å². The van der Waals surface area contributed by atoms with Crippen LogP contribution in [0.25, 0.3) is 0 Å². The quantitative estimate of drug-likeness (QED) is 0.477. The Morgan fingerprint density at radius 3 is 3.25 bits per heavy atom. The Morgan fingerprint density at radius 2 is 2.50 bits per heavy atom. The maximum absolute atomic E-state index is 11.7. The molecule has 2 rings (SSSR count). The summed E-state index contributed by atoms with van der Waals surface area (Å²) < 4.78 is 5.84. The molecular weight excluding hydrogens is 274 g/mol. The number of carbonyl (C=O) groups is 1. The van der Waals surface area contributed by atoms with Gasteiger partial charge in [0.05, 0.1) is 11.0 Å². The lowest BCUT2D eigenvalue weighted by molar-refractivity contribution is -0.00223. The van der Waals surface area contributed by atoms with Gasteiger partial charge in [-0.2, -0.15) is 0 Å². The van der Waals surface area contributed by atoms with Crippen LogP contribution in [0.4, 0.5) is 0 Å². The Balaban J connectivity index is 1.92. The lowest BCUT2D eigenvalue weighted by atomic mass is 10.1. The van der Waals surface area contributed by atoms with Crippen molar-refractivity contribution in [3.63, 3.8) is 0 Å². The molecule has 1 aliphatic heterocycles. The zero-order valence-corrected chi connectivity index (χ0v) is 12.7. The molecule has 2 heterocycles. The fourth-order valence-corrected chi connectivity index (χ4v) is 3.36. The molecule has 1 atom stereocenters. The van der Waals surface area contributed by atoms with Gasteiger partial charge in [0.25, 0.3) is 5.91 Å². The predicted molar refractivity (Wildman–Crippen MR) is 80.5 cm³/mol. The van der Waals surface area contributed by atoms with Crippen LogP contribution in [0.3, 0.4) is 0 Å². The first-order valence-electron chi connectivity index (χ1n) is 7.15. The highest BCUT2D eigenvalue weighted by Crippen LogP contribution is 2.21. The third kappa shape index (κ3) is 4.02. The number of hydrazine groups is 1. The lowest BCUT2D eigenvalue weighted by Crippen LogP contribution is -2.39. The van der Waals surface area contributed by atoms with Crippen molar-refractivity contribution < 1.29 is 9.53 Å². The largest absolute Gasteiger partial charge is 0.377 e. The van der Waals surface area contributed by atoms with Gasteiger partial charge in [-0.05, 0) is 42.8 Å². The third-order valence-corrected chi connectivity index (χ3v) is 4.45. The van der Waals surface area contributed by atoms with E-state index in [1.54, 1.807) is 0 Å². The van der Waals surface area contributed by atoms with Crippen LogP contribution in [0, 0.1) is 0 Å². The Kier molecular flexibility index (Phi) is 5.97. The van der Waals surface area contributed by atoms with Gasteiger partial charge >= 0.3 is 0 Å². The minimum Gasteiger partial charge on any atom is -0.377 e. The molecule has 5 nitrogen and oxygen atoms in total. The van der Waals surface area contributed by atoms with Crippen LogP contribution in [0.2, 0.25) is 0 Å². The molecule has 1 aliphatic rings. The van der Waals surface area contributed by atoms with E-state index in [4.69, 9.17) is 10.6 Å². The first kappa shape index (κ1) is 15.4. The van der Waals surface area contributed by atoms with E-state index in [1.165, 1.54) is 11.3 Å². The van der Waals surface area contributed by atoms with Crippen LogP contribution in [0.5, 0.6) is 0 Å². The van der Waals surface area contributed by atoms with Crippen molar-refractivity contribution in [1.29, 1.82) is 0 Å². The number of nitrogen functional groups attached to an aromatic ring is 1. The van der Waals surface area contributed by atoms with Gasteiger partial charge in [-0.1, -0.05) is 6.92 Å². The standard InChI is InChI=1S/C14H23N3O2S/c1-2-7-19-12-4-3-6-17(10-12)9-11-5-8-20-13(11)14(18)16-15/h5,8,12H,2-4,6-7,9-10,15H2,1H3,(H,16,18). The number of hydrogen-bond acceptors (Lipinski definition) is 5. The second-order valence-electron chi connectivity index (χ2n) is 5.12. The minimum atomic E-state index is -0.203. The van der Waals surface area contributed by atoms with Crippen LogP contribution in [-0.2, 0) is 11.3 Å². The van der Waals surface area contributed by atoms with Crippen LogP contribution in [0.15, 0.2) is 11.4 Å². The molecule has 0 saturated carbocycles. The second-order valence-corrected chi connectivity index (χ2v) is 6.03. The van der Waals surface area contributed by atoms with Gasteiger partial charge in [0.1, 0.15) is 0 Å². The van der Waals surface area contributed by atoms with E-state index in [1.807, 2.05) is 11.4 Å². The maximum atomic E-state index is 11.7. The number of likely N-dealkylation sites (tertiary alicyclic amines) is 1. The number of amides is 1. The normalized spacial score (nSPS) is 20.0. The van der Waals surface area contributed by atoms with E-state index in [0.29, 0.717) is 11.0 Å². The van der Waals surface area contributed by atoms with E-state index >= 15 is 0 Å². The molecule has 1 saturated heterocycles. The van der Waals surface area contributed by atoms with E-state index < -0.39 is 0 Å². The fraction of sp³-hybridized carbons (Fsp3) is 0.643. The highest BCUT2D eigenvalue weighted by molar-refractivity contribution is 7.12. The predicted octanol–water partition coefficient (Wildman–Crippen LogP) is 1.74. The molecule has 1 aromatic heterocycles. The van der Waals surface area contributed by atoms with Gasteiger partial charge in [-0.25, -0.2) is 5.84 Å². The minimum absolute atomic E-state index is 0.203. The molecule has 1 amide bonds. The monoisotopic (exact) mass is 297 g/mol. The maximum Gasteiger partial charge on any atom is 0.275 e. The Labute approximate surface area is 124 Å². The zero-order valence-electron chi connectivity index (χ0n) is 11.9. The summed E-state index contributed by atoms with van der Waals surface area (Å²) in [5.41, 5.74) is 3.26. The number of nitrogens with zero attached hydrogens (tertiary/aromatic N) is 1. The Bertz CT molecular complexity index is 436. The molecular formula is C14H23N3O2S. The Hall–Kier alpha value is -0.950. The molecule has 1 aromatic rings. The number of hydrogen-bond donors (Lipinski definition) is 2. The summed E-state index contributed by atoms with van der Waals surface area (Å²) in [6.45, 7) is 5.75. The number of rotatable bonds is 6. The Morgan fingerprint density at radius 1 is 1.65 bits per heavy atom. The summed E-state index contributed by atoms with van der Waals surface area (Å²) >= 11 is 1.44. The van der Waals surface area contributed by atoms with Crippen molar-refractivity contribution in [3.8, 4) is 0 Å². The van der Waals surface area contributed by atoms with Gasteiger partial charge in [0, 0.05) is 19.7 Å². The summed E-state index contributed by atoms with van der Waals surface area (Å²) in [6, 6.07) is 2.01. The van der Waals surface area contributed by atoms with Gasteiger partial charge in [-0.3, -0.25) is 15.1 Å². The molecule has 1 unspecified atom stereocenters. The lowest BCUT2D eigenvalue weighted by Gasteiger charge is -2.32. The van der Waals surface area contributed by atoms with Crippen molar-refractivity contribution in [3.05, 3.63) is 21.9 Å². The van der Waals surface area contributed by atoms with Crippen LogP contribution >= 0.6 is 11.3 Å². The SMILES string of the molecule is CCCOC1CCCN(Cc2ccsc2C(=O)NN)C1. The number of thiophene rings is 1. The van der Waals surface area contributed by atoms with Gasteiger partial charge in [0.2, 0.25) is 0 Å². The van der Waals surface area contributed by atoms with Crippen molar-refractivity contribution >= 4 is 17.2 Å². The summed E-state index contributed by atoms with van der Waals surface area (Å²) in [5, 5.41) is 1.94. The van der Waals surface area contributed by atoms with Crippen LogP contribution in [-0.4, -0.2) is 36.6 Å². The average molecular weight is 297 g/mol. The highest BCUT2D eigenvalue weighted by Gasteiger charge is 2.22. The highest BCUT2D eigenvalue weighted by atomic mass is 32.1. The summed E-state index contributed by atoms with van der Waals surface area (Å²) in [7, 11) is 0. The number of nitrogens with one attached hydrogen (secondary N) is 1. The molecule has 0 radical (unpaired) electrons. The van der Waals surface area contributed by atoms with Gasteiger partial charge in [-0.15, -0.1) is 11.3 Å². The molecule has 0 spiro atoms. The molecule has 112 valence electrons. The molecule has 3 N–H and O–H groups in total. The van der Waals surface area contributed by atoms with Crippen LogP contribution < -0.4 is 11.3 Å². The summed E-state index contributed by atoms with van der Waals surface area (Å²) in [6.07, 6.45) is 3.67. The van der Waals surface area contributed by atoms with Crippen molar-refractivity contribution in [2.75, 3.05) is 19.7 Å². The number of nitrogens with two attached hydrogens (primary N) is 1. The van der Waals surface area contributed by atoms with Crippen molar-refractivity contribution in [2.24, 2.45) is 5.84 Å². The molecule has 0 aromatic carbocycles. The van der Waals surface area contributed by atoms with Crippen molar-refractivity contribution in [2.45, 2.75) is 38.8 Å². The topological polar surface area (TPSA) is 67.6 Å². The smallest absolute Gasteiger partial charge is 0.275 e. The first-order chi connectivity index (χ1) is 9.74. The molecule has 0 bridgehead atoms. The van der Waals surface area contributed by atoms with Gasteiger partial charge < -0.3 is 4.74 Å². The summed E-state index contributed by atoms with van der Waals surface area (Å²) in [4.78, 5) is 14.7. The zero-order chi connectivity index (χ0) is 14.4. The van der Waals surface area contributed by atoms with E-state index in [2.05, 4.69) is 17.2 Å². The molecule has 1 fully saturated rings. The second kappa shape index (κ2) is 7.73. The van der Waals surface area contributed by atoms with E-state index in [0.717, 1.165) is 51.1 Å². The number of piperidine rings is 1. The summed E-state index contributed by atoms with van der Waals surface area (Å²) in [5.74, 6) is 5.01. The van der Waals surface area contributed by atoms with E-state index in [-0.39, 0.29) is 5.91 Å². The van der Waals surface area contributed by atoms with Gasteiger partial charge in [0.15, 0.2) is 0 Å². The van der Waals surface area contributed by atoms with Crippen molar-refractivity contribution in [1.82, 2.24) is 10.3 Å². The number of carbonyl (C=O) groups excluding carboxylic acids is 1. The average Bonchev–Trinajstić information content (AvgIpc) is 2.93. The van der Waals surface area contributed by atoms with E-state index in [9.17, 15) is 4.79 Å². The molecule has 6 heteroatoms. The number of ether oxygens (including phenoxy) is 1. The molecule has 0 aliphatic carbocycles. The molecule has 20 heavy (non-hydrogen) atoms. The fourth-order valence-electron chi connectivity index (χ4n) is 2.54. The third-order valence-electron chi connectivity index (χ3n) is 3.50.